The summed E-state index contributed by atoms with van der Waals surface area (Å²) >= 11 is 0. The van der Waals surface area contributed by atoms with Gasteiger partial charge in [0.05, 0.1) is 18.9 Å². The summed E-state index contributed by atoms with van der Waals surface area (Å²) in [5, 5.41) is 3.67. The zero-order valence-corrected chi connectivity index (χ0v) is 10.4. The number of rotatable bonds is 4. The van der Waals surface area contributed by atoms with Crippen LogP contribution in [0.5, 0.6) is 5.75 Å². The molecule has 0 heterocycles. The minimum atomic E-state index is -0.494. The highest BCUT2D eigenvalue weighted by molar-refractivity contribution is 5.90. The predicted octanol–water partition coefficient (Wildman–Crippen LogP) is 2.89. The molecule has 0 N–H and O–H groups in total. The van der Waals surface area contributed by atoms with Gasteiger partial charge in [0.2, 0.25) is 0 Å². The second-order valence-corrected chi connectivity index (χ2v) is 3.72. The number of hydrogen-bond donors (Lipinski definition) is 0. The van der Waals surface area contributed by atoms with Crippen LogP contribution in [-0.2, 0) is 4.84 Å². The molecule has 0 atom stereocenters. The summed E-state index contributed by atoms with van der Waals surface area (Å²) in [6.45, 7) is 0. The highest BCUT2D eigenvalue weighted by Gasteiger charge is 2.05. The quantitative estimate of drug-likeness (QED) is 0.479. The lowest BCUT2D eigenvalue weighted by molar-refractivity contribution is 0.0519. The van der Waals surface area contributed by atoms with Crippen molar-refractivity contribution in [3.8, 4) is 5.75 Å². The molecule has 19 heavy (non-hydrogen) atoms. The molecule has 0 unspecified atom stereocenters. The Morgan fingerprint density at radius 3 is 2.47 bits per heavy atom. The molecule has 0 aliphatic carbocycles. The first-order valence-corrected chi connectivity index (χ1v) is 5.74. The van der Waals surface area contributed by atoms with Crippen LogP contribution in [0.3, 0.4) is 0 Å². The lowest BCUT2D eigenvalue weighted by Gasteiger charge is -2.02. The summed E-state index contributed by atoms with van der Waals surface area (Å²) in [4.78, 5) is 16.4. The smallest absolute Gasteiger partial charge is 0.365 e. The number of carbonyl (C=O) groups excluding carboxylic acids is 1. The summed E-state index contributed by atoms with van der Waals surface area (Å²) in [5.41, 5.74) is 1.20. The lowest BCUT2D eigenvalue weighted by atomic mass is 10.2. The normalized spacial score (nSPS) is 10.4. The molecule has 0 fully saturated rings. The van der Waals surface area contributed by atoms with E-state index >= 15 is 0 Å². The van der Waals surface area contributed by atoms with E-state index in [1.165, 1.54) is 6.21 Å². The molecule has 0 radical (unpaired) electrons. The van der Waals surface area contributed by atoms with Crippen molar-refractivity contribution >= 4 is 12.2 Å². The zero-order chi connectivity index (χ0) is 13.5. The van der Waals surface area contributed by atoms with Gasteiger partial charge in [-0.3, -0.25) is 0 Å². The van der Waals surface area contributed by atoms with Crippen LogP contribution in [0, 0.1) is 0 Å². The molecule has 2 rings (SSSR count). The lowest BCUT2D eigenvalue weighted by Crippen LogP contribution is -2.00. The first kappa shape index (κ1) is 12.8. The van der Waals surface area contributed by atoms with Crippen molar-refractivity contribution in [2.75, 3.05) is 7.11 Å². The summed E-state index contributed by atoms with van der Waals surface area (Å²) in [6, 6.07) is 16.0. The Morgan fingerprint density at radius 2 is 1.74 bits per heavy atom. The maximum atomic E-state index is 11.6. The highest BCUT2D eigenvalue weighted by atomic mass is 16.7. The van der Waals surface area contributed by atoms with Crippen LogP contribution in [0.4, 0.5) is 0 Å². The number of benzene rings is 2. The number of para-hydroxylation sites is 1. The molecule has 0 saturated carbocycles. The Balaban J connectivity index is 2.02. The first-order valence-electron chi connectivity index (χ1n) is 5.74. The maximum absolute atomic E-state index is 11.6. The highest BCUT2D eigenvalue weighted by Crippen LogP contribution is 2.14. The molecule has 4 heteroatoms. The standard InChI is InChI=1S/C15H13NO3/c1-18-14-10-6-5-9-13(14)11-16-19-15(17)12-7-3-2-4-8-12/h2-11H,1H3. The van der Waals surface area contributed by atoms with E-state index in [1.54, 1.807) is 37.4 Å². The zero-order valence-electron chi connectivity index (χ0n) is 10.4. The molecular formula is C15H13NO3. The van der Waals surface area contributed by atoms with Crippen molar-refractivity contribution in [3.63, 3.8) is 0 Å². The third-order valence-electron chi connectivity index (χ3n) is 2.48. The molecule has 96 valence electrons. The Bertz CT molecular complexity index is 579. The van der Waals surface area contributed by atoms with Gasteiger partial charge in [-0.05, 0) is 24.3 Å². The van der Waals surface area contributed by atoms with E-state index in [-0.39, 0.29) is 0 Å². The van der Waals surface area contributed by atoms with Crippen molar-refractivity contribution < 1.29 is 14.4 Å². The average molecular weight is 255 g/mol. The van der Waals surface area contributed by atoms with Crippen molar-refractivity contribution in [1.82, 2.24) is 0 Å². The van der Waals surface area contributed by atoms with E-state index in [9.17, 15) is 4.79 Å². The van der Waals surface area contributed by atoms with Crippen LogP contribution < -0.4 is 4.74 Å². The predicted molar refractivity (Wildman–Crippen MR) is 72.4 cm³/mol. The van der Waals surface area contributed by atoms with E-state index in [0.717, 1.165) is 5.56 Å². The van der Waals surface area contributed by atoms with Gasteiger partial charge >= 0.3 is 5.97 Å². The number of nitrogens with zero attached hydrogens (tertiary/aromatic N) is 1. The van der Waals surface area contributed by atoms with Crippen molar-refractivity contribution in [2.24, 2.45) is 5.16 Å². The summed E-state index contributed by atoms with van der Waals surface area (Å²) < 4.78 is 5.16. The fraction of sp³-hybridized carbons (Fsp3) is 0.0667. The minimum Gasteiger partial charge on any atom is -0.496 e. The molecule has 0 spiro atoms. The third-order valence-corrected chi connectivity index (χ3v) is 2.48. The molecule has 0 saturated heterocycles. The molecule has 4 nitrogen and oxygen atoms in total. The molecular weight excluding hydrogens is 242 g/mol. The van der Waals surface area contributed by atoms with Gasteiger partial charge in [-0.25, -0.2) is 4.79 Å². The van der Waals surface area contributed by atoms with Gasteiger partial charge in [0.1, 0.15) is 5.75 Å². The second kappa shape index (κ2) is 6.35. The molecule has 0 bridgehead atoms. The number of ether oxygens (including phenoxy) is 1. The van der Waals surface area contributed by atoms with Gasteiger partial charge in [0, 0.05) is 5.56 Å². The van der Waals surface area contributed by atoms with Crippen LogP contribution in [0.15, 0.2) is 59.8 Å². The molecule has 0 aromatic heterocycles. The van der Waals surface area contributed by atoms with Gasteiger partial charge < -0.3 is 9.57 Å². The first-order chi connectivity index (χ1) is 9.31. The molecule has 2 aromatic rings. The van der Waals surface area contributed by atoms with Crippen molar-refractivity contribution in [1.29, 1.82) is 0 Å². The van der Waals surface area contributed by atoms with E-state index in [4.69, 9.17) is 9.57 Å². The SMILES string of the molecule is COc1ccccc1C=NOC(=O)c1ccccc1. The van der Waals surface area contributed by atoms with Gasteiger partial charge in [-0.15, -0.1) is 0 Å². The molecule has 0 amide bonds. The van der Waals surface area contributed by atoms with E-state index in [2.05, 4.69) is 5.16 Å². The van der Waals surface area contributed by atoms with Crippen LogP contribution in [0.25, 0.3) is 0 Å². The van der Waals surface area contributed by atoms with Crippen molar-refractivity contribution in [3.05, 3.63) is 65.7 Å². The van der Waals surface area contributed by atoms with Crippen LogP contribution in [0.1, 0.15) is 15.9 Å². The number of methoxy groups -OCH3 is 1. The van der Waals surface area contributed by atoms with Gasteiger partial charge in [-0.2, -0.15) is 0 Å². The summed E-state index contributed by atoms with van der Waals surface area (Å²) in [5.74, 6) is 0.175. The van der Waals surface area contributed by atoms with Crippen LogP contribution in [0.2, 0.25) is 0 Å². The largest absolute Gasteiger partial charge is 0.496 e. The number of hydrogen-bond acceptors (Lipinski definition) is 4. The fourth-order valence-corrected chi connectivity index (χ4v) is 1.53. The third kappa shape index (κ3) is 3.42. The molecule has 2 aromatic carbocycles. The van der Waals surface area contributed by atoms with Crippen LogP contribution in [-0.4, -0.2) is 19.3 Å². The second-order valence-electron chi connectivity index (χ2n) is 3.72. The Hall–Kier alpha value is -2.62. The van der Waals surface area contributed by atoms with E-state index in [0.29, 0.717) is 11.3 Å². The van der Waals surface area contributed by atoms with Gasteiger partial charge in [0.15, 0.2) is 0 Å². The number of carbonyl (C=O) groups is 1. The topological polar surface area (TPSA) is 47.9 Å². The number of oxime groups is 1. The monoisotopic (exact) mass is 255 g/mol. The van der Waals surface area contributed by atoms with Gasteiger partial charge in [0.25, 0.3) is 0 Å². The van der Waals surface area contributed by atoms with E-state index < -0.39 is 5.97 Å². The Morgan fingerprint density at radius 1 is 1.05 bits per heavy atom. The fourth-order valence-electron chi connectivity index (χ4n) is 1.53. The Labute approximate surface area is 111 Å². The summed E-state index contributed by atoms with van der Waals surface area (Å²) in [7, 11) is 1.57. The molecule has 0 aliphatic rings. The molecule has 0 aliphatic heterocycles. The van der Waals surface area contributed by atoms with E-state index in [1.807, 2.05) is 24.3 Å². The maximum Gasteiger partial charge on any atom is 0.365 e. The van der Waals surface area contributed by atoms with Gasteiger partial charge in [-0.1, -0.05) is 35.5 Å². The van der Waals surface area contributed by atoms with Crippen molar-refractivity contribution in [2.45, 2.75) is 0 Å². The van der Waals surface area contributed by atoms with Crippen LogP contribution >= 0.6 is 0 Å². The Kier molecular flexibility index (Phi) is 4.29. The summed E-state index contributed by atoms with van der Waals surface area (Å²) in [6.07, 6.45) is 1.44. The minimum absolute atomic E-state index is 0.458. The average Bonchev–Trinajstić information content (AvgIpc) is 2.48.